The van der Waals surface area contributed by atoms with Gasteiger partial charge in [0.1, 0.15) is 6.10 Å². The van der Waals surface area contributed by atoms with E-state index in [4.69, 9.17) is 4.74 Å². The maximum atomic E-state index is 12.6. The Kier molecular flexibility index (Phi) is 4.96. The second-order valence-corrected chi connectivity index (χ2v) is 3.68. The van der Waals surface area contributed by atoms with Gasteiger partial charge in [-0.2, -0.15) is 13.2 Å². The van der Waals surface area contributed by atoms with Gasteiger partial charge in [0.25, 0.3) is 0 Å². The fourth-order valence-corrected chi connectivity index (χ4v) is 1.47. The smallest absolute Gasteiger partial charge is 0.386 e. The Morgan fingerprint density at radius 1 is 1.29 bits per heavy atom. The Labute approximate surface area is 98.0 Å². The molecule has 96 valence electrons. The number of aliphatic hydroxyl groups is 1. The molecule has 0 fully saturated rings. The predicted molar refractivity (Wildman–Crippen MR) is 57.5 cm³/mol. The summed E-state index contributed by atoms with van der Waals surface area (Å²) in [6, 6.07) is 4.99. The van der Waals surface area contributed by atoms with E-state index < -0.39 is 17.8 Å². The van der Waals surface area contributed by atoms with Crippen LogP contribution in [0.1, 0.15) is 30.6 Å². The van der Waals surface area contributed by atoms with Gasteiger partial charge >= 0.3 is 6.18 Å². The lowest BCUT2D eigenvalue weighted by molar-refractivity contribution is -0.139. The molecule has 1 aromatic carbocycles. The largest absolute Gasteiger partial charge is 0.416 e. The van der Waals surface area contributed by atoms with Crippen LogP contribution in [0.25, 0.3) is 0 Å². The molecule has 1 rings (SSSR count). The lowest BCUT2D eigenvalue weighted by atomic mass is 10.0. The minimum atomic E-state index is -4.46. The van der Waals surface area contributed by atoms with E-state index in [9.17, 15) is 18.3 Å². The van der Waals surface area contributed by atoms with Gasteiger partial charge in [-0.3, -0.25) is 0 Å². The molecule has 0 heterocycles. The topological polar surface area (TPSA) is 29.5 Å². The van der Waals surface area contributed by atoms with Crippen LogP contribution in [0.5, 0.6) is 0 Å². The second kappa shape index (κ2) is 6.02. The highest BCUT2D eigenvalue weighted by atomic mass is 19.4. The van der Waals surface area contributed by atoms with Crippen molar-refractivity contribution in [3.05, 3.63) is 35.4 Å². The summed E-state index contributed by atoms with van der Waals surface area (Å²) in [7, 11) is 0. The van der Waals surface area contributed by atoms with E-state index in [1.54, 1.807) is 0 Å². The second-order valence-electron chi connectivity index (χ2n) is 3.68. The molecule has 0 amide bonds. The van der Waals surface area contributed by atoms with Crippen LogP contribution in [0.15, 0.2) is 24.3 Å². The SMILES string of the molecule is CCCOCC(O)c1ccccc1C(F)(F)F. The Balaban J connectivity index is 2.82. The van der Waals surface area contributed by atoms with Crippen molar-refractivity contribution in [3.8, 4) is 0 Å². The molecule has 5 heteroatoms. The Morgan fingerprint density at radius 3 is 2.53 bits per heavy atom. The zero-order chi connectivity index (χ0) is 12.9. The van der Waals surface area contributed by atoms with E-state index in [1.165, 1.54) is 18.2 Å². The average molecular weight is 248 g/mol. The summed E-state index contributed by atoms with van der Waals surface area (Å²) in [5.74, 6) is 0. The van der Waals surface area contributed by atoms with Crippen LogP contribution in [0, 0.1) is 0 Å². The maximum Gasteiger partial charge on any atom is 0.416 e. The molecule has 0 saturated heterocycles. The van der Waals surface area contributed by atoms with Gasteiger partial charge in [0.2, 0.25) is 0 Å². The van der Waals surface area contributed by atoms with Crippen molar-refractivity contribution in [1.29, 1.82) is 0 Å². The molecule has 0 aliphatic rings. The first kappa shape index (κ1) is 14.0. The van der Waals surface area contributed by atoms with Gasteiger partial charge in [0, 0.05) is 6.61 Å². The normalized spacial score (nSPS) is 13.7. The van der Waals surface area contributed by atoms with Crippen molar-refractivity contribution in [2.75, 3.05) is 13.2 Å². The van der Waals surface area contributed by atoms with Crippen LogP contribution in [0.2, 0.25) is 0 Å². The molecule has 0 aromatic heterocycles. The third-order valence-corrected chi connectivity index (χ3v) is 2.25. The van der Waals surface area contributed by atoms with Crippen molar-refractivity contribution in [1.82, 2.24) is 0 Å². The van der Waals surface area contributed by atoms with Gasteiger partial charge in [-0.15, -0.1) is 0 Å². The third-order valence-electron chi connectivity index (χ3n) is 2.25. The minimum absolute atomic E-state index is 0.124. The quantitative estimate of drug-likeness (QED) is 0.811. The highest BCUT2D eigenvalue weighted by Crippen LogP contribution is 2.34. The van der Waals surface area contributed by atoms with Crippen molar-refractivity contribution >= 4 is 0 Å². The van der Waals surface area contributed by atoms with Gasteiger partial charge in [-0.1, -0.05) is 25.1 Å². The van der Waals surface area contributed by atoms with Crippen LogP contribution in [-0.2, 0) is 10.9 Å². The molecular weight excluding hydrogens is 233 g/mol. The van der Waals surface area contributed by atoms with Crippen molar-refractivity contribution < 1.29 is 23.0 Å². The molecule has 2 nitrogen and oxygen atoms in total. The molecule has 0 aliphatic heterocycles. The third kappa shape index (κ3) is 4.02. The molecule has 0 radical (unpaired) electrons. The number of ether oxygens (including phenoxy) is 1. The van der Waals surface area contributed by atoms with Gasteiger partial charge in [0.15, 0.2) is 0 Å². The molecule has 1 aromatic rings. The summed E-state index contributed by atoms with van der Waals surface area (Å²) in [6.45, 7) is 2.18. The summed E-state index contributed by atoms with van der Waals surface area (Å²) >= 11 is 0. The molecule has 0 bridgehead atoms. The molecule has 1 atom stereocenters. The average Bonchev–Trinajstić information content (AvgIpc) is 2.28. The monoisotopic (exact) mass is 248 g/mol. The summed E-state index contributed by atoms with van der Waals surface area (Å²) in [6.07, 6.45) is -4.95. The van der Waals surface area contributed by atoms with Gasteiger partial charge < -0.3 is 9.84 Å². The predicted octanol–water partition coefficient (Wildman–Crippen LogP) is 3.17. The van der Waals surface area contributed by atoms with E-state index in [-0.39, 0.29) is 12.2 Å². The number of halogens is 3. The van der Waals surface area contributed by atoms with E-state index in [0.717, 1.165) is 12.5 Å². The lowest BCUT2D eigenvalue weighted by Gasteiger charge is -2.17. The Hall–Kier alpha value is -1.07. The van der Waals surface area contributed by atoms with Crippen LogP contribution in [0.3, 0.4) is 0 Å². The first-order chi connectivity index (χ1) is 7.96. The van der Waals surface area contributed by atoms with Crippen LogP contribution < -0.4 is 0 Å². The lowest BCUT2D eigenvalue weighted by Crippen LogP contribution is -2.15. The zero-order valence-corrected chi connectivity index (χ0v) is 9.50. The molecule has 1 N–H and O–H groups in total. The molecule has 0 saturated carbocycles. The molecule has 1 unspecified atom stereocenters. The first-order valence-electron chi connectivity index (χ1n) is 5.38. The van der Waals surface area contributed by atoms with Crippen LogP contribution in [-0.4, -0.2) is 18.3 Å². The van der Waals surface area contributed by atoms with Crippen LogP contribution >= 0.6 is 0 Å². The number of hydrogen-bond donors (Lipinski definition) is 1. The van der Waals surface area contributed by atoms with E-state index in [2.05, 4.69) is 0 Å². The van der Waals surface area contributed by atoms with Crippen LogP contribution in [0.4, 0.5) is 13.2 Å². The van der Waals surface area contributed by atoms with Gasteiger partial charge in [-0.25, -0.2) is 0 Å². The van der Waals surface area contributed by atoms with E-state index in [0.29, 0.717) is 6.61 Å². The van der Waals surface area contributed by atoms with E-state index in [1.807, 2.05) is 6.92 Å². The molecular formula is C12H15F3O2. The number of rotatable bonds is 5. The Morgan fingerprint density at radius 2 is 1.94 bits per heavy atom. The fraction of sp³-hybridized carbons (Fsp3) is 0.500. The molecule has 0 spiro atoms. The highest BCUT2D eigenvalue weighted by Gasteiger charge is 2.34. The number of aliphatic hydroxyl groups excluding tert-OH is 1. The number of alkyl halides is 3. The highest BCUT2D eigenvalue weighted by molar-refractivity contribution is 5.31. The van der Waals surface area contributed by atoms with Crippen molar-refractivity contribution in [3.63, 3.8) is 0 Å². The summed E-state index contributed by atoms with van der Waals surface area (Å²) < 4.78 is 43.0. The maximum absolute atomic E-state index is 12.6. The standard InChI is InChI=1S/C12H15F3O2/c1-2-7-17-8-11(16)9-5-3-4-6-10(9)12(13,14)15/h3-6,11,16H,2,7-8H2,1H3. The van der Waals surface area contributed by atoms with Crippen molar-refractivity contribution in [2.24, 2.45) is 0 Å². The summed E-state index contributed by atoms with van der Waals surface area (Å²) in [5, 5.41) is 9.67. The fourth-order valence-electron chi connectivity index (χ4n) is 1.47. The summed E-state index contributed by atoms with van der Waals surface area (Å²) in [5.41, 5.74) is -0.955. The number of benzene rings is 1. The molecule has 17 heavy (non-hydrogen) atoms. The van der Waals surface area contributed by atoms with Crippen molar-refractivity contribution in [2.45, 2.75) is 25.6 Å². The first-order valence-corrected chi connectivity index (χ1v) is 5.38. The van der Waals surface area contributed by atoms with Gasteiger partial charge in [-0.05, 0) is 18.1 Å². The summed E-state index contributed by atoms with van der Waals surface area (Å²) in [4.78, 5) is 0. The minimum Gasteiger partial charge on any atom is -0.386 e. The van der Waals surface area contributed by atoms with Gasteiger partial charge in [0.05, 0.1) is 12.2 Å². The number of hydrogen-bond acceptors (Lipinski definition) is 2. The van der Waals surface area contributed by atoms with E-state index >= 15 is 0 Å². The zero-order valence-electron chi connectivity index (χ0n) is 9.50. The Bertz CT molecular complexity index is 350. The molecule has 0 aliphatic carbocycles.